The van der Waals surface area contributed by atoms with Gasteiger partial charge in [-0.1, -0.05) is 41.6 Å². The van der Waals surface area contributed by atoms with Crippen molar-refractivity contribution in [2.75, 3.05) is 17.2 Å². The standard InChI is InChI=1S/C34H39FN6O4/c1-31(2,35)30-37-29(40-44-30)34-14-11-33(12-15-34,13-16-34)20-41(28(42)24-18-32(3,43)19-24)25-6-4-5-23(17-25)21-7-9-22(10-8-21)26-27(36)39-45-38-26/h4-10,17,24,43H,11-16,18-20H2,1-3H3,(H2,36,39)/t24-,32+,33?,34?. The van der Waals surface area contributed by atoms with Gasteiger partial charge < -0.3 is 20.3 Å². The minimum absolute atomic E-state index is 0.0243. The zero-order valence-electron chi connectivity index (χ0n) is 25.9. The van der Waals surface area contributed by atoms with Gasteiger partial charge in [0.2, 0.25) is 5.91 Å². The Labute approximate surface area is 261 Å². The number of benzene rings is 2. The number of carbonyl (C=O) groups excluding carboxylic acids is 1. The maximum absolute atomic E-state index is 14.5. The smallest absolute Gasteiger partial charge is 0.263 e. The molecule has 2 aromatic carbocycles. The Kier molecular flexibility index (Phi) is 6.88. The molecular weight excluding hydrogens is 575 g/mol. The van der Waals surface area contributed by atoms with Gasteiger partial charge in [-0.25, -0.2) is 9.02 Å². The molecule has 4 fully saturated rings. The molecule has 2 bridgehead atoms. The highest BCUT2D eigenvalue weighted by Gasteiger charge is 2.53. The second-order valence-electron chi connectivity index (χ2n) is 14.3. The molecule has 0 unspecified atom stereocenters. The van der Waals surface area contributed by atoms with Gasteiger partial charge in [0, 0.05) is 29.1 Å². The molecule has 45 heavy (non-hydrogen) atoms. The normalized spacial score (nSPS) is 27.7. The molecule has 8 rings (SSSR count). The summed E-state index contributed by atoms with van der Waals surface area (Å²) in [5.41, 5.74) is 7.26. The van der Waals surface area contributed by atoms with Crippen LogP contribution in [0.4, 0.5) is 15.9 Å². The number of aliphatic hydroxyl groups is 1. The summed E-state index contributed by atoms with van der Waals surface area (Å²) in [4.78, 5) is 20.6. The Morgan fingerprint density at radius 2 is 1.67 bits per heavy atom. The van der Waals surface area contributed by atoms with Crippen LogP contribution >= 0.6 is 0 Å². The molecular formula is C34H39FN6O4. The van der Waals surface area contributed by atoms with Gasteiger partial charge in [0.1, 0.15) is 0 Å². The number of nitrogens with zero attached hydrogens (tertiary/aromatic N) is 5. The van der Waals surface area contributed by atoms with Crippen LogP contribution < -0.4 is 10.6 Å². The highest BCUT2D eigenvalue weighted by Crippen LogP contribution is 2.58. The zero-order valence-corrected chi connectivity index (χ0v) is 25.9. The molecule has 0 atom stereocenters. The van der Waals surface area contributed by atoms with Gasteiger partial charge in [0.15, 0.2) is 23.0 Å². The average molecular weight is 615 g/mol. The number of carbonyl (C=O) groups is 1. The van der Waals surface area contributed by atoms with Crippen molar-refractivity contribution >= 4 is 17.4 Å². The number of aromatic nitrogens is 4. The average Bonchev–Trinajstić information content (AvgIpc) is 3.70. The zero-order chi connectivity index (χ0) is 31.6. The van der Waals surface area contributed by atoms with E-state index in [1.807, 2.05) is 47.4 Å². The van der Waals surface area contributed by atoms with E-state index < -0.39 is 11.3 Å². The van der Waals surface area contributed by atoms with Gasteiger partial charge in [0.05, 0.1) is 5.60 Å². The summed E-state index contributed by atoms with van der Waals surface area (Å²) >= 11 is 0. The summed E-state index contributed by atoms with van der Waals surface area (Å²) in [7, 11) is 0. The van der Waals surface area contributed by atoms with Crippen molar-refractivity contribution in [1.29, 1.82) is 0 Å². The SMILES string of the molecule is CC(C)(F)c1nc(C23CCC(CN(c4cccc(-c5ccc(-c6nonc6N)cc5)c4)C(=O)[C@H]4C[C@@](C)(O)C4)(CC2)CC3)no1. The predicted octanol–water partition coefficient (Wildman–Crippen LogP) is 6.36. The largest absolute Gasteiger partial charge is 0.390 e. The van der Waals surface area contributed by atoms with Gasteiger partial charge in [0.25, 0.3) is 5.89 Å². The van der Waals surface area contributed by atoms with Crippen LogP contribution in [0.15, 0.2) is 57.7 Å². The number of amides is 1. The molecule has 4 aliphatic rings. The van der Waals surface area contributed by atoms with Crippen LogP contribution in [-0.2, 0) is 15.9 Å². The lowest BCUT2D eigenvalue weighted by molar-refractivity contribution is -0.137. The molecule has 0 aliphatic heterocycles. The van der Waals surface area contributed by atoms with Crippen LogP contribution in [0.3, 0.4) is 0 Å². The van der Waals surface area contributed by atoms with E-state index in [9.17, 15) is 14.3 Å². The van der Waals surface area contributed by atoms with Crippen LogP contribution in [-0.4, -0.2) is 43.6 Å². The summed E-state index contributed by atoms with van der Waals surface area (Å²) in [6.07, 6.45) is 6.30. The lowest BCUT2D eigenvalue weighted by Gasteiger charge is -2.54. The van der Waals surface area contributed by atoms with Crippen molar-refractivity contribution in [3.8, 4) is 22.4 Å². The van der Waals surface area contributed by atoms with E-state index in [0.29, 0.717) is 30.9 Å². The number of nitrogens with two attached hydrogens (primary N) is 1. The van der Waals surface area contributed by atoms with Crippen molar-refractivity contribution in [2.45, 2.75) is 88.8 Å². The number of nitrogen functional groups attached to an aromatic ring is 1. The summed E-state index contributed by atoms with van der Waals surface area (Å²) in [5, 5.41) is 22.2. The lowest BCUT2D eigenvalue weighted by atomic mass is 9.53. The van der Waals surface area contributed by atoms with Crippen molar-refractivity contribution in [3.63, 3.8) is 0 Å². The Morgan fingerprint density at radius 3 is 2.24 bits per heavy atom. The first kappa shape index (κ1) is 29.6. The molecule has 10 nitrogen and oxygen atoms in total. The Balaban J connectivity index is 1.14. The van der Waals surface area contributed by atoms with Gasteiger partial charge in [-0.2, -0.15) is 4.98 Å². The molecule has 0 saturated heterocycles. The molecule has 4 saturated carbocycles. The summed E-state index contributed by atoms with van der Waals surface area (Å²) in [5.74, 6) is 0.724. The first-order valence-electron chi connectivity index (χ1n) is 15.7. The molecule has 3 N–H and O–H groups in total. The molecule has 4 aliphatic carbocycles. The van der Waals surface area contributed by atoms with Crippen molar-refractivity contribution in [3.05, 3.63) is 60.2 Å². The number of alkyl halides is 1. The molecule has 2 heterocycles. The number of hydrogen-bond donors (Lipinski definition) is 2. The lowest BCUT2D eigenvalue weighted by Crippen LogP contribution is -2.54. The molecule has 0 radical (unpaired) electrons. The molecule has 1 amide bonds. The minimum atomic E-state index is -1.68. The summed E-state index contributed by atoms with van der Waals surface area (Å²) < 4.78 is 24.6. The fourth-order valence-corrected chi connectivity index (χ4v) is 7.61. The Bertz CT molecular complexity index is 1690. The first-order chi connectivity index (χ1) is 21.4. The van der Waals surface area contributed by atoms with Crippen LogP contribution in [0.1, 0.15) is 83.9 Å². The second kappa shape index (κ2) is 10.5. The second-order valence-corrected chi connectivity index (χ2v) is 14.3. The van der Waals surface area contributed by atoms with Crippen LogP contribution in [0.2, 0.25) is 0 Å². The van der Waals surface area contributed by atoms with E-state index >= 15 is 0 Å². The van der Waals surface area contributed by atoms with E-state index in [0.717, 1.165) is 60.9 Å². The number of hydrogen-bond acceptors (Lipinski definition) is 9. The number of anilines is 2. The van der Waals surface area contributed by atoms with E-state index in [-0.39, 0.29) is 34.4 Å². The quantitative estimate of drug-likeness (QED) is 0.232. The van der Waals surface area contributed by atoms with E-state index in [1.165, 1.54) is 13.8 Å². The van der Waals surface area contributed by atoms with Gasteiger partial charge >= 0.3 is 0 Å². The fourth-order valence-electron chi connectivity index (χ4n) is 7.61. The van der Waals surface area contributed by atoms with E-state index in [1.54, 1.807) is 6.92 Å². The van der Waals surface area contributed by atoms with Crippen LogP contribution in [0.25, 0.3) is 22.4 Å². The Morgan fingerprint density at radius 1 is 1.00 bits per heavy atom. The third-order valence-electron chi connectivity index (χ3n) is 10.5. The molecule has 236 valence electrons. The monoisotopic (exact) mass is 614 g/mol. The highest BCUT2D eigenvalue weighted by atomic mass is 19.1. The van der Waals surface area contributed by atoms with Crippen LogP contribution in [0.5, 0.6) is 0 Å². The Hall–Kier alpha value is -4.12. The third kappa shape index (κ3) is 5.41. The summed E-state index contributed by atoms with van der Waals surface area (Å²) in [6, 6.07) is 15.9. The van der Waals surface area contributed by atoms with Gasteiger partial charge in [-0.05, 0) is 111 Å². The van der Waals surface area contributed by atoms with E-state index in [4.69, 9.17) is 14.9 Å². The third-order valence-corrected chi connectivity index (χ3v) is 10.5. The van der Waals surface area contributed by atoms with Crippen molar-refractivity contribution in [1.82, 2.24) is 20.5 Å². The number of rotatable bonds is 8. The highest BCUT2D eigenvalue weighted by molar-refractivity contribution is 5.96. The topological polar surface area (TPSA) is 144 Å². The number of halogens is 1. The first-order valence-corrected chi connectivity index (χ1v) is 15.7. The molecule has 2 aromatic heterocycles. The molecule has 0 spiro atoms. The predicted molar refractivity (Wildman–Crippen MR) is 166 cm³/mol. The van der Waals surface area contributed by atoms with Gasteiger partial charge in [-0.3, -0.25) is 4.79 Å². The minimum Gasteiger partial charge on any atom is -0.390 e. The van der Waals surface area contributed by atoms with Crippen LogP contribution in [0, 0.1) is 11.3 Å². The molecule has 11 heteroatoms. The number of fused-ring (bicyclic) bond motifs is 3. The van der Waals surface area contributed by atoms with Crippen molar-refractivity contribution in [2.24, 2.45) is 11.3 Å². The maximum Gasteiger partial charge on any atom is 0.263 e. The fraction of sp³-hybridized carbons (Fsp3) is 0.500. The maximum atomic E-state index is 14.5. The van der Waals surface area contributed by atoms with Crippen molar-refractivity contribution < 1.29 is 23.4 Å². The van der Waals surface area contributed by atoms with E-state index in [2.05, 4.69) is 26.5 Å². The van der Waals surface area contributed by atoms with Gasteiger partial charge in [-0.15, -0.1) is 0 Å². The molecule has 4 aromatic rings. The summed E-state index contributed by atoms with van der Waals surface area (Å²) in [6.45, 7) is 5.26.